The minimum Gasteiger partial charge on any atom is -0.340 e. The Kier molecular flexibility index (Phi) is 3.89. The van der Waals surface area contributed by atoms with E-state index < -0.39 is 0 Å². The second-order valence-corrected chi connectivity index (χ2v) is 5.27. The average molecular weight is 277 g/mol. The Bertz CT molecular complexity index is 685. The molecule has 0 aromatic heterocycles. The van der Waals surface area contributed by atoms with Crippen molar-refractivity contribution in [2.75, 3.05) is 18.0 Å². The molecule has 1 aliphatic heterocycles. The molecular weight excluding hydrogens is 258 g/mol. The van der Waals surface area contributed by atoms with Crippen molar-refractivity contribution in [3.8, 4) is 6.07 Å². The van der Waals surface area contributed by atoms with E-state index in [4.69, 9.17) is 0 Å². The normalized spacial score (nSPS) is 13.0. The SMILES string of the molecule is CCNCc1ccc(N2CCc3ccccc32)c(C#N)c1. The predicted octanol–water partition coefficient (Wildman–Crippen LogP) is 3.36. The Morgan fingerprint density at radius 1 is 1.19 bits per heavy atom. The van der Waals surface area contributed by atoms with E-state index in [9.17, 15) is 5.26 Å². The Labute approximate surface area is 125 Å². The van der Waals surface area contributed by atoms with E-state index in [1.165, 1.54) is 11.3 Å². The van der Waals surface area contributed by atoms with E-state index in [0.29, 0.717) is 0 Å². The fraction of sp³-hybridized carbons (Fsp3) is 0.278. The molecule has 3 heteroatoms. The molecule has 106 valence electrons. The Balaban J connectivity index is 1.95. The van der Waals surface area contributed by atoms with Gasteiger partial charge in [0.15, 0.2) is 0 Å². The molecule has 0 bridgehead atoms. The number of nitrogens with one attached hydrogen (secondary N) is 1. The van der Waals surface area contributed by atoms with Gasteiger partial charge in [-0.05, 0) is 42.3 Å². The Morgan fingerprint density at radius 3 is 2.86 bits per heavy atom. The molecule has 0 unspecified atom stereocenters. The summed E-state index contributed by atoms with van der Waals surface area (Å²) in [5.41, 5.74) is 5.51. The van der Waals surface area contributed by atoms with E-state index in [1.807, 2.05) is 6.07 Å². The molecule has 3 rings (SSSR count). The van der Waals surface area contributed by atoms with Gasteiger partial charge in [-0.25, -0.2) is 0 Å². The first-order valence-electron chi connectivity index (χ1n) is 7.42. The van der Waals surface area contributed by atoms with E-state index in [1.54, 1.807) is 0 Å². The number of anilines is 2. The minimum atomic E-state index is 0.752. The minimum absolute atomic E-state index is 0.752. The summed E-state index contributed by atoms with van der Waals surface area (Å²) in [5.74, 6) is 0. The van der Waals surface area contributed by atoms with Crippen molar-refractivity contribution in [3.05, 3.63) is 59.2 Å². The molecule has 0 radical (unpaired) electrons. The van der Waals surface area contributed by atoms with Gasteiger partial charge in [-0.1, -0.05) is 31.2 Å². The second kappa shape index (κ2) is 5.99. The van der Waals surface area contributed by atoms with Gasteiger partial charge in [0.25, 0.3) is 0 Å². The number of nitrogens with zero attached hydrogens (tertiary/aromatic N) is 2. The molecular formula is C18H19N3. The first kappa shape index (κ1) is 13.7. The maximum absolute atomic E-state index is 9.48. The van der Waals surface area contributed by atoms with Crippen molar-refractivity contribution < 1.29 is 0 Å². The summed E-state index contributed by atoms with van der Waals surface area (Å²) in [7, 11) is 0. The Hall–Kier alpha value is -2.31. The van der Waals surface area contributed by atoms with Gasteiger partial charge in [0, 0.05) is 18.8 Å². The quantitative estimate of drug-likeness (QED) is 0.931. The van der Waals surface area contributed by atoms with Crippen LogP contribution in [-0.2, 0) is 13.0 Å². The third-order valence-electron chi connectivity index (χ3n) is 3.94. The number of benzene rings is 2. The van der Waals surface area contributed by atoms with E-state index in [0.717, 1.165) is 42.9 Å². The summed E-state index contributed by atoms with van der Waals surface area (Å²) in [4.78, 5) is 2.25. The molecule has 1 N–H and O–H groups in total. The largest absolute Gasteiger partial charge is 0.340 e. The molecule has 0 spiro atoms. The highest BCUT2D eigenvalue weighted by Crippen LogP contribution is 2.36. The molecule has 21 heavy (non-hydrogen) atoms. The maximum Gasteiger partial charge on any atom is 0.101 e. The van der Waals surface area contributed by atoms with E-state index in [2.05, 4.69) is 59.6 Å². The standard InChI is InChI=1S/C18H19N3/c1-2-20-13-14-7-8-18(16(11-14)12-19)21-10-9-15-5-3-4-6-17(15)21/h3-8,11,20H,2,9-10,13H2,1H3. The van der Waals surface area contributed by atoms with Crippen molar-refractivity contribution in [1.82, 2.24) is 5.32 Å². The third kappa shape index (κ3) is 2.63. The van der Waals surface area contributed by atoms with Gasteiger partial charge in [0.2, 0.25) is 0 Å². The smallest absolute Gasteiger partial charge is 0.101 e. The van der Waals surface area contributed by atoms with Crippen LogP contribution < -0.4 is 10.2 Å². The van der Waals surface area contributed by atoms with Crippen LogP contribution in [0.1, 0.15) is 23.6 Å². The summed E-state index contributed by atoms with van der Waals surface area (Å²) in [6.07, 6.45) is 1.04. The lowest BCUT2D eigenvalue weighted by atomic mass is 10.1. The maximum atomic E-state index is 9.48. The summed E-state index contributed by atoms with van der Waals surface area (Å²) in [6.45, 7) is 4.77. The van der Waals surface area contributed by atoms with Gasteiger partial charge in [0.1, 0.15) is 6.07 Å². The summed E-state index contributed by atoms with van der Waals surface area (Å²) in [6, 6.07) is 17.0. The third-order valence-corrected chi connectivity index (χ3v) is 3.94. The molecule has 0 fully saturated rings. The zero-order valence-electron chi connectivity index (χ0n) is 12.3. The molecule has 0 atom stereocenters. The fourth-order valence-corrected chi connectivity index (χ4v) is 2.88. The molecule has 0 saturated carbocycles. The molecule has 1 aliphatic rings. The van der Waals surface area contributed by atoms with Crippen molar-refractivity contribution >= 4 is 11.4 Å². The zero-order chi connectivity index (χ0) is 14.7. The monoisotopic (exact) mass is 277 g/mol. The number of para-hydroxylation sites is 1. The number of nitriles is 1. The molecule has 1 heterocycles. The van der Waals surface area contributed by atoms with Gasteiger partial charge in [-0.15, -0.1) is 0 Å². The van der Waals surface area contributed by atoms with Crippen LogP contribution in [0.2, 0.25) is 0 Å². The van der Waals surface area contributed by atoms with Crippen LogP contribution in [0.3, 0.4) is 0 Å². The summed E-state index contributed by atoms with van der Waals surface area (Å²) >= 11 is 0. The predicted molar refractivity (Wildman–Crippen MR) is 85.7 cm³/mol. The van der Waals surface area contributed by atoms with Crippen molar-refractivity contribution in [2.24, 2.45) is 0 Å². The average Bonchev–Trinajstić information content (AvgIpc) is 2.96. The number of hydrogen-bond donors (Lipinski definition) is 1. The second-order valence-electron chi connectivity index (χ2n) is 5.27. The Morgan fingerprint density at radius 2 is 2.05 bits per heavy atom. The van der Waals surface area contributed by atoms with E-state index in [-0.39, 0.29) is 0 Å². The van der Waals surface area contributed by atoms with Gasteiger partial charge in [0.05, 0.1) is 11.3 Å². The molecule has 3 nitrogen and oxygen atoms in total. The number of fused-ring (bicyclic) bond motifs is 1. The fourth-order valence-electron chi connectivity index (χ4n) is 2.88. The number of rotatable bonds is 4. The van der Waals surface area contributed by atoms with Crippen molar-refractivity contribution in [2.45, 2.75) is 19.9 Å². The van der Waals surface area contributed by atoms with Crippen LogP contribution in [-0.4, -0.2) is 13.1 Å². The molecule has 2 aromatic carbocycles. The molecule has 0 saturated heterocycles. The number of hydrogen-bond acceptors (Lipinski definition) is 3. The highest BCUT2D eigenvalue weighted by molar-refractivity contribution is 5.74. The van der Waals surface area contributed by atoms with Crippen LogP contribution in [0.15, 0.2) is 42.5 Å². The summed E-state index contributed by atoms with van der Waals surface area (Å²) in [5, 5.41) is 12.8. The first-order chi connectivity index (χ1) is 10.3. The van der Waals surface area contributed by atoms with Crippen LogP contribution in [0, 0.1) is 11.3 Å². The highest BCUT2D eigenvalue weighted by Gasteiger charge is 2.21. The molecule has 0 aliphatic carbocycles. The zero-order valence-corrected chi connectivity index (χ0v) is 12.3. The van der Waals surface area contributed by atoms with Crippen LogP contribution in [0.25, 0.3) is 0 Å². The summed E-state index contributed by atoms with van der Waals surface area (Å²) < 4.78 is 0. The lowest BCUT2D eigenvalue weighted by molar-refractivity contribution is 0.726. The topological polar surface area (TPSA) is 39.1 Å². The van der Waals surface area contributed by atoms with Gasteiger partial charge in [-0.3, -0.25) is 0 Å². The van der Waals surface area contributed by atoms with Crippen molar-refractivity contribution in [3.63, 3.8) is 0 Å². The van der Waals surface area contributed by atoms with Gasteiger partial charge >= 0.3 is 0 Å². The first-order valence-corrected chi connectivity index (χ1v) is 7.42. The van der Waals surface area contributed by atoms with Crippen LogP contribution in [0.5, 0.6) is 0 Å². The lowest BCUT2D eigenvalue weighted by Crippen LogP contribution is -2.16. The van der Waals surface area contributed by atoms with Crippen molar-refractivity contribution in [1.29, 1.82) is 5.26 Å². The molecule has 0 amide bonds. The van der Waals surface area contributed by atoms with Gasteiger partial charge < -0.3 is 10.2 Å². The van der Waals surface area contributed by atoms with E-state index >= 15 is 0 Å². The van der Waals surface area contributed by atoms with Gasteiger partial charge in [-0.2, -0.15) is 5.26 Å². The highest BCUT2D eigenvalue weighted by atomic mass is 15.2. The lowest BCUT2D eigenvalue weighted by Gasteiger charge is -2.21. The van der Waals surface area contributed by atoms with Crippen LogP contribution in [0.4, 0.5) is 11.4 Å². The van der Waals surface area contributed by atoms with Crippen LogP contribution >= 0.6 is 0 Å². The molecule has 2 aromatic rings.